The van der Waals surface area contributed by atoms with E-state index in [0.29, 0.717) is 5.56 Å². The van der Waals surface area contributed by atoms with Crippen molar-refractivity contribution in [1.29, 1.82) is 0 Å². The number of rotatable bonds is 1. The number of carbonyl (C=O) groups is 1. The van der Waals surface area contributed by atoms with Crippen LogP contribution in [0.1, 0.15) is 10.4 Å². The molecule has 1 heterocycles. The van der Waals surface area contributed by atoms with Gasteiger partial charge in [0.1, 0.15) is 0 Å². The van der Waals surface area contributed by atoms with Crippen molar-refractivity contribution in [1.82, 2.24) is 0 Å². The minimum atomic E-state index is -0.883. The third-order valence-corrected chi connectivity index (χ3v) is 4.35. The minimum absolute atomic E-state index is 0.360. The van der Waals surface area contributed by atoms with Crippen LogP contribution in [0.2, 0.25) is 0 Å². The fourth-order valence-electron chi connectivity index (χ4n) is 1.25. The van der Waals surface area contributed by atoms with E-state index in [1.807, 2.05) is 6.07 Å². The predicted octanol–water partition coefficient (Wildman–Crippen LogP) is 3.49. The Morgan fingerprint density at radius 1 is 1.50 bits per heavy atom. The third-order valence-electron chi connectivity index (χ3n) is 1.84. The Morgan fingerprint density at radius 2 is 2.21 bits per heavy atom. The average molecular weight is 336 g/mol. The van der Waals surface area contributed by atoms with Crippen molar-refractivity contribution in [2.75, 3.05) is 0 Å². The van der Waals surface area contributed by atoms with Crippen molar-refractivity contribution < 1.29 is 9.90 Å². The molecular weight excluding hydrogens is 331 g/mol. The number of hydrogen-bond acceptors (Lipinski definition) is 3. The van der Waals surface area contributed by atoms with Crippen LogP contribution in [0.4, 0.5) is 0 Å². The van der Waals surface area contributed by atoms with Gasteiger partial charge >= 0.3 is 5.97 Å². The summed E-state index contributed by atoms with van der Waals surface area (Å²) in [6.45, 7) is 0. The third kappa shape index (κ3) is 1.64. The lowest BCUT2D eigenvalue weighted by Gasteiger charge is -1.97. The molecule has 1 aromatic heterocycles. The first-order chi connectivity index (χ1) is 6.59. The second-order valence-electron chi connectivity index (χ2n) is 2.76. The Balaban J connectivity index is 2.85. The van der Waals surface area contributed by atoms with Crippen LogP contribution in [0.15, 0.2) is 22.4 Å². The van der Waals surface area contributed by atoms with E-state index < -0.39 is 5.97 Å². The van der Waals surface area contributed by atoms with Gasteiger partial charge in [-0.15, -0.1) is 24.0 Å². The fourth-order valence-corrected chi connectivity index (χ4v) is 3.69. The molecule has 0 atom stereocenters. The SMILES string of the molecule is O=C(O)c1csc2c(I)cc(S)cc12. The average Bonchev–Trinajstić information content (AvgIpc) is 2.47. The molecule has 1 aromatic carbocycles. The molecule has 72 valence electrons. The minimum Gasteiger partial charge on any atom is -0.478 e. The Bertz CT molecular complexity index is 519. The van der Waals surface area contributed by atoms with Gasteiger partial charge in [0.2, 0.25) is 0 Å². The van der Waals surface area contributed by atoms with Gasteiger partial charge in [0.05, 0.1) is 5.56 Å². The number of thiophene rings is 1. The summed E-state index contributed by atoms with van der Waals surface area (Å²) in [6, 6.07) is 3.72. The van der Waals surface area contributed by atoms with E-state index in [0.717, 1.165) is 18.6 Å². The summed E-state index contributed by atoms with van der Waals surface area (Å²) in [5.74, 6) is -0.883. The van der Waals surface area contributed by atoms with Gasteiger partial charge in [-0.25, -0.2) is 4.79 Å². The van der Waals surface area contributed by atoms with Crippen molar-refractivity contribution >= 4 is 62.6 Å². The van der Waals surface area contributed by atoms with Gasteiger partial charge in [0.25, 0.3) is 0 Å². The van der Waals surface area contributed by atoms with Crippen LogP contribution < -0.4 is 0 Å². The Hall–Kier alpha value is -0.270. The molecular formula is C9H5IO2S2. The standard InChI is InChI=1S/C9H5IO2S2/c10-7-2-4(13)1-5-6(9(11)12)3-14-8(5)7/h1-3,13H,(H,11,12). The lowest BCUT2D eigenvalue weighted by atomic mass is 10.2. The molecule has 0 bridgehead atoms. The van der Waals surface area contributed by atoms with Crippen molar-refractivity contribution in [2.24, 2.45) is 0 Å². The van der Waals surface area contributed by atoms with E-state index in [-0.39, 0.29) is 0 Å². The fraction of sp³-hybridized carbons (Fsp3) is 0. The molecule has 2 nitrogen and oxygen atoms in total. The highest BCUT2D eigenvalue weighted by Gasteiger charge is 2.12. The maximum Gasteiger partial charge on any atom is 0.337 e. The molecule has 0 aliphatic carbocycles. The molecule has 0 amide bonds. The number of benzene rings is 1. The van der Waals surface area contributed by atoms with E-state index in [1.165, 1.54) is 11.3 Å². The maximum atomic E-state index is 10.9. The van der Waals surface area contributed by atoms with E-state index >= 15 is 0 Å². The van der Waals surface area contributed by atoms with Gasteiger partial charge in [-0.2, -0.15) is 0 Å². The molecule has 0 aliphatic rings. The molecule has 0 spiro atoms. The first-order valence-electron chi connectivity index (χ1n) is 3.72. The van der Waals surface area contributed by atoms with Gasteiger partial charge in [0.15, 0.2) is 0 Å². The summed E-state index contributed by atoms with van der Waals surface area (Å²) in [7, 11) is 0. The van der Waals surface area contributed by atoms with Crippen molar-refractivity contribution in [3.8, 4) is 0 Å². The van der Waals surface area contributed by atoms with Crippen LogP contribution in [0.5, 0.6) is 0 Å². The van der Waals surface area contributed by atoms with Gasteiger partial charge in [-0.1, -0.05) is 0 Å². The largest absolute Gasteiger partial charge is 0.478 e. The molecule has 0 radical (unpaired) electrons. The van der Waals surface area contributed by atoms with Gasteiger partial charge in [0, 0.05) is 23.9 Å². The molecule has 0 unspecified atom stereocenters. The number of halogens is 1. The number of aromatic carboxylic acids is 1. The van der Waals surface area contributed by atoms with Crippen molar-refractivity contribution in [2.45, 2.75) is 4.90 Å². The van der Waals surface area contributed by atoms with Gasteiger partial charge in [-0.05, 0) is 34.7 Å². The van der Waals surface area contributed by atoms with Gasteiger partial charge in [-0.3, -0.25) is 0 Å². The zero-order valence-electron chi connectivity index (χ0n) is 6.82. The van der Waals surface area contributed by atoms with Gasteiger partial charge < -0.3 is 5.11 Å². The normalized spacial score (nSPS) is 10.7. The van der Waals surface area contributed by atoms with Crippen molar-refractivity contribution in [3.63, 3.8) is 0 Å². The highest BCUT2D eigenvalue weighted by atomic mass is 127. The van der Waals surface area contributed by atoms with Crippen LogP contribution in [0.3, 0.4) is 0 Å². The number of thiol groups is 1. The van der Waals surface area contributed by atoms with E-state index in [2.05, 4.69) is 35.2 Å². The van der Waals surface area contributed by atoms with Crippen LogP contribution in [0, 0.1) is 3.57 Å². The van der Waals surface area contributed by atoms with Crippen LogP contribution in [0.25, 0.3) is 10.1 Å². The van der Waals surface area contributed by atoms with Crippen LogP contribution in [-0.4, -0.2) is 11.1 Å². The van der Waals surface area contributed by atoms with Crippen LogP contribution >= 0.6 is 46.6 Å². The molecule has 0 saturated carbocycles. The van der Waals surface area contributed by atoms with E-state index in [9.17, 15) is 4.79 Å². The summed E-state index contributed by atoms with van der Waals surface area (Å²) >= 11 is 7.87. The summed E-state index contributed by atoms with van der Waals surface area (Å²) in [5, 5.41) is 11.4. The summed E-state index contributed by atoms with van der Waals surface area (Å²) < 4.78 is 2.06. The monoisotopic (exact) mass is 336 g/mol. The molecule has 0 aliphatic heterocycles. The Labute approximate surface area is 103 Å². The summed E-state index contributed by atoms with van der Waals surface area (Å²) in [6.07, 6.45) is 0. The molecule has 2 rings (SSSR count). The number of carboxylic acid groups (broad SMARTS) is 1. The molecule has 2 aromatic rings. The molecule has 0 fully saturated rings. The summed E-state index contributed by atoms with van der Waals surface area (Å²) in [5.41, 5.74) is 0.360. The lowest BCUT2D eigenvalue weighted by molar-refractivity contribution is 0.0699. The van der Waals surface area contributed by atoms with E-state index in [4.69, 9.17) is 5.11 Å². The number of hydrogen-bond donors (Lipinski definition) is 2. The summed E-state index contributed by atoms with van der Waals surface area (Å²) in [4.78, 5) is 11.7. The zero-order chi connectivity index (χ0) is 10.3. The maximum absolute atomic E-state index is 10.9. The number of fused-ring (bicyclic) bond motifs is 1. The Kier molecular flexibility index (Phi) is 2.72. The molecule has 14 heavy (non-hydrogen) atoms. The van der Waals surface area contributed by atoms with Crippen LogP contribution in [-0.2, 0) is 0 Å². The zero-order valence-corrected chi connectivity index (χ0v) is 10.7. The Morgan fingerprint density at radius 3 is 2.86 bits per heavy atom. The first-order valence-corrected chi connectivity index (χ1v) is 6.13. The van der Waals surface area contributed by atoms with Crippen molar-refractivity contribution in [3.05, 3.63) is 26.6 Å². The number of carboxylic acids is 1. The van der Waals surface area contributed by atoms with E-state index in [1.54, 1.807) is 11.4 Å². The predicted molar refractivity (Wildman–Crippen MR) is 68.8 cm³/mol. The molecule has 1 N–H and O–H groups in total. The highest BCUT2D eigenvalue weighted by Crippen LogP contribution is 2.32. The second-order valence-corrected chi connectivity index (χ2v) is 5.32. The second kappa shape index (κ2) is 3.71. The highest BCUT2D eigenvalue weighted by molar-refractivity contribution is 14.1. The molecule has 0 saturated heterocycles. The molecule has 5 heteroatoms. The lowest BCUT2D eigenvalue weighted by Crippen LogP contribution is -1.93. The topological polar surface area (TPSA) is 37.3 Å². The smallest absolute Gasteiger partial charge is 0.337 e. The first kappa shape index (κ1) is 10.3. The quantitative estimate of drug-likeness (QED) is 0.618.